The molecule has 0 aliphatic rings. The minimum Gasteiger partial charge on any atom is -0.506 e. The van der Waals surface area contributed by atoms with Gasteiger partial charge in [0, 0.05) is 14.1 Å². The highest BCUT2D eigenvalue weighted by Gasteiger charge is 2.46. The highest BCUT2D eigenvalue weighted by atomic mass is 31.2. The third-order valence-electron chi connectivity index (χ3n) is 5.52. The van der Waals surface area contributed by atoms with Crippen LogP contribution in [0.1, 0.15) is 48.9 Å². The van der Waals surface area contributed by atoms with Gasteiger partial charge < -0.3 is 24.5 Å². The fourth-order valence-corrected chi connectivity index (χ4v) is 4.67. The molecule has 0 amide bonds. The molecular formula is C22H32NO5P. The quantitative estimate of drug-likeness (QED) is 0.534. The number of aryl methyl sites for hydroxylation is 2. The Labute approximate surface area is 173 Å². The summed E-state index contributed by atoms with van der Waals surface area (Å²) in [5.74, 6) is 0.708. The van der Waals surface area contributed by atoms with E-state index in [0.717, 1.165) is 27.9 Å². The van der Waals surface area contributed by atoms with Crippen molar-refractivity contribution >= 4 is 13.3 Å². The van der Waals surface area contributed by atoms with Crippen molar-refractivity contribution in [3.05, 3.63) is 52.6 Å². The molecular weight excluding hydrogens is 389 g/mol. The van der Waals surface area contributed by atoms with Crippen LogP contribution < -0.4 is 9.64 Å². The monoisotopic (exact) mass is 421 g/mol. The zero-order chi connectivity index (χ0) is 22.0. The molecule has 2 aromatic rings. The Morgan fingerprint density at radius 3 is 2.03 bits per heavy atom. The van der Waals surface area contributed by atoms with E-state index in [-0.39, 0.29) is 18.6 Å². The van der Waals surface area contributed by atoms with Crippen molar-refractivity contribution in [1.29, 1.82) is 0 Å². The number of benzene rings is 2. The molecule has 6 nitrogen and oxygen atoms in total. The first kappa shape index (κ1) is 23.3. The lowest BCUT2D eigenvalue weighted by atomic mass is 9.95. The normalized spacial score (nSPS) is 12.1. The molecule has 0 spiro atoms. The van der Waals surface area contributed by atoms with Crippen LogP contribution in [0, 0.1) is 13.8 Å². The second kappa shape index (κ2) is 8.78. The molecule has 0 fully saturated rings. The smallest absolute Gasteiger partial charge is 0.368 e. The average molecular weight is 421 g/mol. The molecule has 0 saturated carbocycles. The van der Waals surface area contributed by atoms with Crippen LogP contribution in [-0.4, -0.2) is 34.3 Å². The van der Waals surface area contributed by atoms with E-state index in [1.165, 1.54) is 0 Å². The molecule has 3 N–H and O–H groups in total. The number of aromatic hydroxyl groups is 1. The highest BCUT2D eigenvalue weighted by molar-refractivity contribution is 7.53. The first-order valence-electron chi connectivity index (χ1n) is 9.78. The maximum Gasteiger partial charge on any atom is 0.368 e. The topological polar surface area (TPSA) is 90.2 Å². The van der Waals surface area contributed by atoms with Crippen molar-refractivity contribution in [3.8, 4) is 11.5 Å². The van der Waals surface area contributed by atoms with Gasteiger partial charge in [0.25, 0.3) is 0 Å². The Kier molecular flexibility index (Phi) is 7.05. The van der Waals surface area contributed by atoms with Crippen LogP contribution in [0.3, 0.4) is 0 Å². The Morgan fingerprint density at radius 1 is 1.03 bits per heavy atom. The third kappa shape index (κ3) is 4.95. The van der Waals surface area contributed by atoms with Crippen molar-refractivity contribution in [1.82, 2.24) is 0 Å². The number of anilines is 1. The fourth-order valence-electron chi connectivity index (χ4n) is 3.62. The number of hydrogen-bond acceptors (Lipinski definition) is 4. The summed E-state index contributed by atoms with van der Waals surface area (Å²) in [6.45, 7) is 7.40. The molecule has 0 saturated heterocycles. The van der Waals surface area contributed by atoms with E-state index in [1.54, 1.807) is 19.9 Å². The summed E-state index contributed by atoms with van der Waals surface area (Å²) in [7, 11) is -0.669. The van der Waals surface area contributed by atoms with Gasteiger partial charge in [0.05, 0.1) is 5.69 Å². The van der Waals surface area contributed by atoms with E-state index < -0.39 is 12.9 Å². The fraction of sp³-hybridized carbons (Fsp3) is 0.455. The van der Waals surface area contributed by atoms with Crippen LogP contribution in [0.5, 0.6) is 11.5 Å². The maximum absolute atomic E-state index is 12.1. The highest BCUT2D eigenvalue weighted by Crippen LogP contribution is 2.55. The SMILES string of the molecule is CCC(CC)(Oc1cc(C)c(Cc2ccc(O)c(N(C)C)c2)c(C)c1)P(=O)(O)O. The van der Waals surface area contributed by atoms with E-state index in [1.807, 2.05) is 57.1 Å². The molecule has 0 bridgehead atoms. The van der Waals surface area contributed by atoms with Gasteiger partial charge >= 0.3 is 7.60 Å². The molecule has 0 aliphatic carbocycles. The average Bonchev–Trinajstić information content (AvgIpc) is 2.62. The van der Waals surface area contributed by atoms with Gasteiger partial charge in [-0.15, -0.1) is 0 Å². The Balaban J connectivity index is 2.37. The molecule has 2 aromatic carbocycles. The molecule has 0 atom stereocenters. The summed E-state index contributed by atoms with van der Waals surface area (Å²) < 4.78 is 18.0. The first-order chi connectivity index (χ1) is 13.4. The number of rotatable bonds is 8. The van der Waals surface area contributed by atoms with Crippen LogP contribution >= 0.6 is 7.60 Å². The van der Waals surface area contributed by atoms with Crippen LogP contribution in [-0.2, 0) is 11.0 Å². The van der Waals surface area contributed by atoms with Gasteiger partial charge in [0.2, 0.25) is 5.34 Å². The first-order valence-corrected chi connectivity index (χ1v) is 11.4. The molecule has 0 aliphatic heterocycles. The molecule has 160 valence electrons. The predicted octanol–water partition coefficient (Wildman–Crippen LogP) is 4.74. The number of phenolic OH excluding ortho intramolecular Hbond substituents is 1. The summed E-state index contributed by atoms with van der Waals surface area (Å²) in [5, 5.41) is 8.51. The Morgan fingerprint density at radius 2 is 1.59 bits per heavy atom. The largest absolute Gasteiger partial charge is 0.506 e. The van der Waals surface area contributed by atoms with Gasteiger partial charge in [0.1, 0.15) is 11.5 Å². The van der Waals surface area contributed by atoms with Crippen molar-refractivity contribution in [2.45, 2.75) is 52.3 Å². The van der Waals surface area contributed by atoms with Crippen molar-refractivity contribution in [3.63, 3.8) is 0 Å². The van der Waals surface area contributed by atoms with Crippen LogP contribution in [0.2, 0.25) is 0 Å². The lowest BCUT2D eigenvalue weighted by molar-refractivity contribution is 0.108. The molecule has 0 unspecified atom stereocenters. The summed E-state index contributed by atoms with van der Waals surface area (Å²) >= 11 is 0. The van der Waals surface area contributed by atoms with E-state index in [9.17, 15) is 19.5 Å². The predicted molar refractivity (Wildman–Crippen MR) is 117 cm³/mol. The Bertz CT molecular complexity index is 892. The number of phenols is 1. The molecule has 0 heterocycles. The summed E-state index contributed by atoms with van der Waals surface area (Å²) in [4.78, 5) is 21.5. The van der Waals surface area contributed by atoms with Crippen molar-refractivity contribution < 1.29 is 24.2 Å². The maximum atomic E-state index is 12.1. The van der Waals surface area contributed by atoms with Crippen LogP contribution in [0.4, 0.5) is 5.69 Å². The summed E-state index contributed by atoms with van der Waals surface area (Å²) in [5.41, 5.74) is 4.94. The summed E-state index contributed by atoms with van der Waals surface area (Å²) in [6.07, 6.45) is 1.12. The number of nitrogens with zero attached hydrogens (tertiary/aromatic N) is 1. The molecule has 2 rings (SSSR count). The van der Waals surface area contributed by atoms with Crippen molar-refractivity contribution in [2.75, 3.05) is 19.0 Å². The zero-order valence-electron chi connectivity index (χ0n) is 18.1. The molecule has 0 aromatic heterocycles. The van der Waals surface area contributed by atoms with Crippen LogP contribution in [0.15, 0.2) is 30.3 Å². The van der Waals surface area contributed by atoms with E-state index in [0.29, 0.717) is 12.2 Å². The molecule has 0 radical (unpaired) electrons. The van der Waals surface area contributed by atoms with Gasteiger partial charge in [-0.3, -0.25) is 4.57 Å². The van der Waals surface area contributed by atoms with Crippen LogP contribution in [0.25, 0.3) is 0 Å². The second-order valence-corrected chi connectivity index (χ2v) is 9.63. The third-order valence-corrected chi connectivity index (χ3v) is 7.30. The van der Waals surface area contributed by atoms with Gasteiger partial charge in [-0.1, -0.05) is 19.9 Å². The van der Waals surface area contributed by atoms with Gasteiger partial charge in [0.15, 0.2) is 0 Å². The zero-order valence-corrected chi connectivity index (χ0v) is 19.0. The number of ether oxygens (including phenoxy) is 1. The van der Waals surface area contributed by atoms with Gasteiger partial charge in [-0.25, -0.2) is 0 Å². The van der Waals surface area contributed by atoms with E-state index in [2.05, 4.69) is 0 Å². The number of hydrogen-bond donors (Lipinski definition) is 3. The van der Waals surface area contributed by atoms with Crippen molar-refractivity contribution in [2.24, 2.45) is 0 Å². The van der Waals surface area contributed by atoms with Gasteiger partial charge in [-0.2, -0.15) is 0 Å². The molecule has 7 heteroatoms. The minimum atomic E-state index is -4.44. The lowest BCUT2D eigenvalue weighted by Gasteiger charge is -2.33. The lowest BCUT2D eigenvalue weighted by Crippen LogP contribution is -2.34. The minimum absolute atomic E-state index is 0.217. The second-order valence-electron chi connectivity index (χ2n) is 7.73. The van der Waals surface area contributed by atoms with Gasteiger partial charge in [-0.05, 0) is 79.6 Å². The van der Waals surface area contributed by atoms with E-state index >= 15 is 0 Å². The summed E-state index contributed by atoms with van der Waals surface area (Å²) in [6, 6.07) is 9.24. The Hall–Kier alpha value is -2.01. The standard InChI is InChI=1S/C22H32NO5P/c1-7-22(8-2,29(25,26)27)28-18-11-15(3)19(16(4)12-18)13-17-9-10-21(24)20(14-17)23(5)6/h9-12,14,24H,7-8,13H2,1-6H3,(H2,25,26,27). The molecule has 29 heavy (non-hydrogen) atoms. The van der Waals surface area contributed by atoms with E-state index in [4.69, 9.17) is 4.74 Å².